The number of benzene rings is 1. The lowest BCUT2D eigenvalue weighted by Crippen LogP contribution is -2.41. The molecule has 0 radical (unpaired) electrons. The molecule has 0 amide bonds. The van der Waals surface area contributed by atoms with Gasteiger partial charge in [-0.1, -0.05) is 34.5 Å². The van der Waals surface area contributed by atoms with Crippen LogP contribution in [-0.2, 0) is 5.41 Å². The Kier molecular flexibility index (Phi) is 7.47. The van der Waals surface area contributed by atoms with Gasteiger partial charge in [0.1, 0.15) is 0 Å². The average Bonchev–Trinajstić information content (AvgIpc) is 2.41. The van der Waals surface area contributed by atoms with E-state index in [1.54, 1.807) is 0 Å². The summed E-state index contributed by atoms with van der Waals surface area (Å²) in [5.74, 6) is 0.679. The fraction of sp³-hybridized carbons (Fsp3) is 0.562. The topological polar surface area (TPSA) is 41.6 Å². The van der Waals surface area contributed by atoms with E-state index < -0.39 is 0 Å². The highest BCUT2D eigenvalue weighted by Crippen LogP contribution is 2.44. The Morgan fingerprint density at radius 3 is 2.24 bits per heavy atom. The Hall–Kier alpha value is -0.300. The minimum Gasteiger partial charge on any atom is -0.370 e. The van der Waals surface area contributed by atoms with E-state index in [0.717, 1.165) is 24.1 Å². The van der Waals surface area contributed by atoms with Crippen molar-refractivity contribution in [3.8, 4) is 0 Å². The molecule has 5 heteroatoms. The van der Waals surface area contributed by atoms with Crippen molar-refractivity contribution in [2.45, 2.75) is 38.5 Å². The third-order valence-corrected chi connectivity index (χ3v) is 4.93. The van der Waals surface area contributed by atoms with Crippen LogP contribution in [0.25, 0.3) is 0 Å². The first-order chi connectivity index (χ1) is 9.61. The predicted octanol–water partition coefficient (Wildman–Crippen LogP) is 4.15. The molecule has 1 fully saturated rings. The van der Waals surface area contributed by atoms with E-state index >= 15 is 0 Å². The second-order valence-electron chi connectivity index (χ2n) is 5.49. The van der Waals surface area contributed by atoms with Gasteiger partial charge in [-0.05, 0) is 44.4 Å². The van der Waals surface area contributed by atoms with E-state index in [9.17, 15) is 0 Å². The number of halogens is 2. The zero-order chi connectivity index (χ0) is 14.6. The summed E-state index contributed by atoms with van der Waals surface area (Å²) >= 11 is 3.50. The third-order valence-electron chi connectivity index (χ3n) is 4.40. The van der Waals surface area contributed by atoms with Crippen LogP contribution in [0.2, 0.25) is 0 Å². The smallest absolute Gasteiger partial charge is 0.191 e. The van der Waals surface area contributed by atoms with Crippen LogP contribution in [0, 0.1) is 0 Å². The van der Waals surface area contributed by atoms with Crippen molar-refractivity contribution in [2.24, 2.45) is 10.7 Å². The van der Waals surface area contributed by atoms with Gasteiger partial charge in [-0.15, -0.1) is 24.0 Å². The number of rotatable bonds is 5. The van der Waals surface area contributed by atoms with Gasteiger partial charge in [0, 0.05) is 23.0 Å². The monoisotopic (exact) mass is 465 g/mol. The van der Waals surface area contributed by atoms with Crippen molar-refractivity contribution in [3.63, 3.8) is 0 Å². The Labute approximate surface area is 153 Å². The number of guanidine groups is 1. The molecule has 1 aliphatic carbocycles. The van der Waals surface area contributed by atoms with Crippen molar-refractivity contribution in [1.82, 2.24) is 4.90 Å². The number of nitrogens with two attached hydrogens (primary N) is 1. The summed E-state index contributed by atoms with van der Waals surface area (Å²) in [4.78, 5) is 6.77. The van der Waals surface area contributed by atoms with Gasteiger partial charge in [0.2, 0.25) is 0 Å². The van der Waals surface area contributed by atoms with Crippen LogP contribution in [0.5, 0.6) is 0 Å². The molecule has 3 nitrogen and oxygen atoms in total. The van der Waals surface area contributed by atoms with Crippen LogP contribution in [0.3, 0.4) is 0 Å². The second kappa shape index (κ2) is 8.36. The van der Waals surface area contributed by atoms with Gasteiger partial charge in [-0.3, -0.25) is 4.99 Å². The molecule has 0 aromatic heterocycles. The highest BCUT2D eigenvalue weighted by Gasteiger charge is 2.38. The molecule has 1 saturated carbocycles. The first-order valence-electron chi connectivity index (χ1n) is 7.42. The maximum absolute atomic E-state index is 6.10. The Bertz CT molecular complexity index is 465. The fourth-order valence-corrected chi connectivity index (χ4v) is 3.09. The van der Waals surface area contributed by atoms with Gasteiger partial charge in [-0.2, -0.15) is 0 Å². The van der Waals surface area contributed by atoms with Crippen LogP contribution in [0.1, 0.15) is 38.7 Å². The molecule has 0 saturated heterocycles. The molecule has 0 atom stereocenters. The van der Waals surface area contributed by atoms with E-state index in [1.807, 2.05) is 0 Å². The number of nitrogens with zero attached hydrogens (tertiary/aromatic N) is 2. The van der Waals surface area contributed by atoms with E-state index in [2.05, 4.69) is 63.9 Å². The molecule has 2 N–H and O–H groups in total. The molecular formula is C16H25BrIN3. The predicted molar refractivity (Wildman–Crippen MR) is 104 cm³/mol. The highest BCUT2D eigenvalue weighted by molar-refractivity contribution is 14.0. The van der Waals surface area contributed by atoms with Crippen LogP contribution < -0.4 is 5.73 Å². The molecule has 0 unspecified atom stereocenters. The lowest BCUT2D eigenvalue weighted by Gasteiger charge is -2.41. The van der Waals surface area contributed by atoms with Gasteiger partial charge in [0.25, 0.3) is 0 Å². The van der Waals surface area contributed by atoms with E-state index in [0.29, 0.717) is 5.96 Å². The molecule has 118 valence electrons. The quantitative estimate of drug-likeness (QED) is 0.403. The SMILES string of the molecule is CCN(CC)C(N)=NCC1(c2ccc(Br)cc2)CCC1.I. The number of hydrogen-bond donors (Lipinski definition) is 1. The number of hydrogen-bond acceptors (Lipinski definition) is 1. The minimum atomic E-state index is 0. The summed E-state index contributed by atoms with van der Waals surface area (Å²) in [6, 6.07) is 8.67. The molecule has 1 aromatic rings. The minimum absolute atomic E-state index is 0. The van der Waals surface area contributed by atoms with E-state index in [4.69, 9.17) is 5.73 Å². The van der Waals surface area contributed by atoms with Crippen molar-refractivity contribution in [1.29, 1.82) is 0 Å². The highest BCUT2D eigenvalue weighted by atomic mass is 127. The molecule has 1 aromatic carbocycles. The second-order valence-corrected chi connectivity index (χ2v) is 6.40. The first kappa shape index (κ1) is 18.7. The molecule has 0 aliphatic heterocycles. The standard InChI is InChI=1S/C16H24BrN3.HI/c1-3-20(4-2)15(18)19-12-16(10-5-11-16)13-6-8-14(17)9-7-13;/h6-9H,3-5,10-12H2,1-2H3,(H2,18,19);1H. The molecule has 1 aliphatic rings. The average molecular weight is 466 g/mol. The van der Waals surface area contributed by atoms with Crippen LogP contribution in [0.4, 0.5) is 0 Å². The molecular weight excluding hydrogens is 441 g/mol. The molecule has 0 heterocycles. The van der Waals surface area contributed by atoms with Gasteiger partial charge in [0.05, 0.1) is 6.54 Å². The summed E-state index contributed by atoms with van der Waals surface area (Å²) in [5, 5.41) is 0. The van der Waals surface area contributed by atoms with Crippen LogP contribution in [-0.4, -0.2) is 30.5 Å². The zero-order valence-electron chi connectivity index (χ0n) is 12.8. The van der Waals surface area contributed by atoms with E-state index in [1.165, 1.54) is 24.8 Å². The van der Waals surface area contributed by atoms with Crippen molar-refractivity contribution in [3.05, 3.63) is 34.3 Å². The first-order valence-corrected chi connectivity index (χ1v) is 8.21. The maximum atomic E-state index is 6.10. The Morgan fingerprint density at radius 2 is 1.81 bits per heavy atom. The normalized spacial score (nSPS) is 16.8. The van der Waals surface area contributed by atoms with E-state index in [-0.39, 0.29) is 29.4 Å². The Balaban J connectivity index is 0.00000220. The van der Waals surface area contributed by atoms with Crippen LogP contribution >= 0.6 is 39.9 Å². The van der Waals surface area contributed by atoms with Crippen LogP contribution in [0.15, 0.2) is 33.7 Å². The third kappa shape index (κ3) is 4.34. The summed E-state index contributed by atoms with van der Waals surface area (Å²) in [5.41, 5.74) is 7.69. The summed E-state index contributed by atoms with van der Waals surface area (Å²) < 4.78 is 1.13. The summed E-state index contributed by atoms with van der Waals surface area (Å²) in [7, 11) is 0. The lowest BCUT2D eigenvalue weighted by molar-refractivity contribution is 0.252. The zero-order valence-corrected chi connectivity index (χ0v) is 16.7. The van der Waals surface area contributed by atoms with Crippen molar-refractivity contribution < 1.29 is 0 Å². The molecule has 2 rings (SSSR count). The number of aliphatic imine (C=N–C) groups is 1. The van der Waals surface area contributed by atoms with Gasteiger partial charge in [0.15, 0.2) is 5.96 Å². The van der Waals surface area contributed by atoms with Gasteiger partial charge >= 0.3 is 0 Å². The van der Waals surface area contributed by atoms with Gasteiger partial charge in [-0.25, -0.2) is 0 Å². The van der Waals surface area contributed by atoms with Crippen molar-refractivity contribution >= 4 is 45.9 Å². The maximum Gasteiger partial charge on any atom is 0.191 e. The van der Waals surface area contributed by atoms with Gasteiger partial charge < -0.3 is 10.6 Å². The fourth-order valence-electron chi connectivity index (χ4n) is 2.83. The Morgan fingerprint density at radius 1 is 1.24 bits per heavy atom. The summed E-state index contributed by atoms with van der Waals surface area (Å²) in [6.07, 6.45) is 3.71. The molecule has 0 bridgehead atoms. The molecule has 0 spiro atoms. The largest absolute Gasteiger partial charge is 0.370 e. The van der Waals surface area contributed by atoms with Crippen molar-refractivity contribution in [2.75, 3.05) is 19.6 Å². The summed E-state index contributed by atoms with van der Waals surface area (Å²) in [6.45, 7) is 6.85. The molecule has 21 heavy (non-hydrogen) atoms. The lowest BCUT2D eigenvalue weighted by atomic mass is 9.64.